The Kier molecular flexibility index (Phi) is 6.12. The quantitative estimate of drug-likeness (QED) is 0.799. The van der Waals surface area contributed by atoms with E-state index in [1.165, 1.54) is 0 Å². The molecule has 150 valence electrons. The van der Waals surface area contributed by atoms with Gasteiger partial charge in [-0.05, 0) is 74.9 Å². The van der Waals surface area contributed by atoms with E-state index in [-0.39, 0.29) is 11.8 Å². The third-order valence-electron chi connectivity index (χ3n) is 4.81. The lowest BCUT2D eigenvalue weighted by Crippen LogP contribution is -2.42. The van der Waals surface area contributed by atoms with Crippen LogP contribution in [0.2, 0.25) is 0 Å². The largest absolute Gasteiger partial charge is 0.508 e. The number of carbonyl (C=O) groups excluding carboxylic acids is 1. The minimum atomic E-state index is -0.455. The number of nitrogens with zero attached hydrogens (tertiary/aromatic N) is 1. The van der Waals surface area contributed by atoms with E-state index in [9.17, 15) is 9.90 Å². The number of hydrogen-bond acceptors (Lipinski definition) is 4. The Morgan fingerprint density at radius 3 is 2.07 bits per heavy atom. The van der Waals surface area contributed by atoms with Crippen LogP contribution in [0.3, 0.4) is 0 Å². The molecule has 2 aromatic carbocycles. The number of hydrogen-bond donors (Lipinski definition) is 1. The molecule has 0 bridgehead atoms. The van der Waals surface area contributed by atoms with Crippen molar-refractivity contribution in [1.82, 2.24) is 4.90 Å². The van der Waals surface area contributed by atoms with Crippen LogP contribution in [0.15, 0.2) is 48.5 Å². The number of likely N-dealkylation sites (tertiary alicyclic amines) is 1. The summed E-state index contributed by atoms with van der Waals surface area (Å²) in [6.07, 6.45) is 1.62. The Hall–Kier alpha value is -2.69. The van der Waals surface area contributed by atoms with Crippen LogP contribution in [0.5, 0.6) is 11.5 Å². The van der Waals surface area contributed by atoms with Gasteiger partial charge in [0, 0.05) is 13.1 Å². The van der Waals surface area contributed by atoms with E-state index < -0.39 is 5.60 Å². The van der Waals surface area contributed by atoms with Crippen molar-refractivity contribution in [2.24, 2.45) is 5.92 Å². The topological polar surface area (TPSA) is 59.0 Å². The number of amides is 1. The summed E-state index contributed by atoms with van der Waals surface area (Å²) in [4.78, 5) is 13.9. The van der Waals surface area contributed by atoms with Gasteiger partial charge < -0.3 is 19.5 Å². The minimum Gasteiger partial charge on any atom is -0.508 e. The maximum absolute atomic E-state index is 12.1. The van der Waals surface area contributed by atoms with Gasteiger partial charge in [0.05, 0.1) is 6.61 Å². The molecule has 0 aliphatic carbocycles. The molecule has 2 aromatic rings. The smallest absolute Gasteiger partial charge is 0.410 e. The second-order valence-corrected chi connectivity index (χ2v) is 8.29. The highest BCUT2D eigenvalue weighted by Crippen LogP contribution is 2.25. The molecule has 3 rings (SSSR count). The predicted molar refractivity (Wildman–Crippen MR) is 110 cm³/mol. The normalized spacial score (nSPS) is 15.3. The van der Waals surface area contributed by atoms with E-state index in [1.54, 1.807) is 17.0 Å². The second-order valence-electron chi connectivity index (χ2n) is 8.29. The fourth-order valence-corrected chi connectivity index (χ4v) is 3.22. The average Bonchev–Trinajstić information content (AvgIpc) is 2.66. The molecule has 1 N–H and O–H groups in total. The van der Waals surface area contributed by atoms with Crippen molar-refractivity contribution in [3.05, 3.63) is 48.5 Å². The number of rotatable bonds is 4. The number of ether oxygens (including phenoxy) is 2. The summed E-state index contributed by atoms with van der Waals surface area (Å²) < 4.78 is 11.4. The molecule has 1 aliphatic rings. The molecule has 0 atom stereocenters. The zero-order valence-electron chi connectivity index (χ0n) is 16.9. The Bertz CT molecular complexity index is 770. The van der Waals surface area contributed by atoms with Gasteiger partial charge in [-0.1, -0.05) is 24.3 Å². The third kappa shape index (κ3) is 5.65. The van der Waals surface area contributed by atoms with E-state index in [2.05, 4.69) is 0 Å². The van der Waals surface area contributed by atoms with Gasteiger partial charge in [-0.2, -0.15) is 0 Å². The summed E-state index contributed by atoms with van der Waals surface area (Å²) in [5.41, 5.74) is 1.68. The summed E-state index contributed by atoms with van der Waals surface area (Å²) in [6.45, 7) is 7.74. The van der Waals surface area contributed by atoms with Crippen molar-refractivity contribution in [3.63, 3.8) is 0 Å². The first-order valence-electron chi connectivity index (χ1n) is 9.80. The van der Waals surface area contributed by atoms with Crippen LogP contribution in [0.4, 0.5) is 4.79 Å². The number of benzene rings is 2. The van der Waals surface area contributed by atoms with E-state index >= 15 is 0 Å². The summed E-state index contributed by atoms with van der Waals surface area (Å²) >= 11 is 0. The fourth-order valence-electron chi connectivity index (χ4n) is 3.22. The van der Waals surface area contributed by atoms with E-state index in [4.69, 9.17) is 9.47 Å². The molecule has 0 aromatic heterocycles. The van der Waals surface area contributed by atoms with Gasteiger partial charge >= 0.3 is 6.09 Å². The van der Waals surface area contributed by atoms with E-state index in [0.29, 0.717) is 25.6 Å². The summed E-state index contributed by atoms with van der Waals surface area (Å²) in [5, 5.41) is 9.39. The number of carbonyl (C=O) groups is 1. The third-order valence-corrected chi connectivity index (χ3v) is 4.81. The molecule has 5 heteroatoms. The Labute approximate surface area is 166 Å². The van der Waals surface area contributed by atoms with Crippen molar-refractivity contribution in [1.29, 1.82) is 0 Å². The molecule has 1 amide bonds. The summed E-state index contributed by atoms with van der Waals surface area (Å²) in [7, 11) is 0. The molecule has 1 saturated heterocycles. The standard InChI is InChI=1S/C23H29NO4/c1-23(2,3)28-22(26)24-14-12-17(13-15-24)16-27-21-10-6-19(7-11-21)18-4-8-20(25)9-5-18/h4-11,17,25H,12-16H2,1-3H3. The van der Waals surface area contributed by atoms with Crippen molar-refractivity contribution in [2.45, 2.75) is 39.2 Å². The van der Waals surface area contributed by atoms with Crippen LogP contribution in [0.1, 0.15) is 33.6 Å². The van der Waals surface area contributed by atoms with Gasteiger partial charge in [0.2, 0.25) is 0 Å². The Balaban J connectivity index is 1.45. The monoisotopic (exact) mass is 383 g/mol. The van der Waals surface area contributed by atoms with Crippen molar-refractivity contribution in [2.75, 3.05) is 19.7 Å². The molecule has 5 nitrogen and oxygen atoms in total. The molecule has 28 heavy (non-hydrogen) atoms. The highest BCUT2D eigenvalue weighted by Gasteiger charge is 2.27. The van der Waals surface area contributed by atoms with Gasteiger partial charge in [0.1, 0.15) is 17.1 Å². The van der Waals surface area contributed by atoms with Gasteiger partial charge in [-0.3, -0.25) is 0 Å². The highest BCUT2D eigenvalue weighted by molar-refractivity contribution is 5.68. The van der Waals surface area contributed by atoms with Crippen LogP contribution < -0.4 is 4.74 Å². The van der Waals surface area contributed by atoms with Gasteiger partial charge in [0.25, 0.3) is 0 Å². The van der Waals surface area contributed by atoms with E-state index in [1.807, 2.05) is 57.2 Å². The van der Waals surface area contributed by atoms with Crippen molar-refractivity contribution >= 4 is 6.09 Å². The van der Waals surface area contributed by atoms with Crippen molar-refractivity contribution in [3.8, 4) is 22.6 Å². The van der Waals surface area contributed by atoms with Crippen LogP contribution in [-0.2, 0) is 4.74 Å². The van der Waals surface area contributed by atoms with Crippen LogP contribution >= 0.6 is 0 Å². The zero-order chi connectivity index (χ0) is 20.1. The molecule has 1 aliphatic heterocycles. The maximum atomic E-state index is 12.1. The predicted octanol–water partition coefficient (Wildman–Crippen LogP) is 5.09. The first-order chi connectivity index (χ1) is 13.3. The lowest BCUT2D eigenvalue weighted by Gasteiger charge is -2.33. The number of piperidine rings is 1. The van der Waals surface area contributed by atoms with Gasteiger partial charge in [0.15, 0.2) is 0 Å². The number of aromatic hydroxyl groups is 1. The van der Waals surface area contributed by atoms with Crippen LogP contribution in [0.25, 0.3) is 11.1 Å². The molecular weight excluding hydrogens is 354 g/mol. The molecule has 0 radical (unpaired) electrons. The molecule has 0 spiro atoms. The first-order valence-corrected chi connectivity index (χ1v) is 9.80. The lowest BCUT2D eigenvalue weighted by atomic mass is 9.98. The van der Waals surface area contributed by atoms with Gasteiger partial charge in [-0.15, -0.1) is 0 Å². The van der Waals surface area contributed by atoms with E-state index in [0.717, 1.165) is 29.7 Å². The Morgan fingerprint density at radius 1 is 1.00 bits per heavy atom. The fraction of sp³-hybridized carbons (Fsp3) is 0.435. The highest BCUT2D eigenvalue weighted by atomic mass is 16.6. The van der Waals surface area contributed by atoms with Crippen LogP contribution in [-0.4, -0.2) is 41.4 Å². The van der Waals surface area contributed by atoms with Crippen LogP contribution in [0, 0.1) is 5.92 Å². The van der Waals surface area contributed by atoms with Gasteiger partial charge in [-0.25, -0.2) is 4.79 Å². The SMILES string of the molecule is CC(C)(C)OC(=O)N1CCC(COc2ccc(-c3ccc(O)cc3)cc2)CC1. The lowest BCUT2D eigenvalue weighted by molar-refractivity contribution is 0.0165. The average molecular weight is 383 g/mol. The Morgan fingerprint density at radius 2 is 1.54 bits per heavy atom. The molecular formula is C23H29NO4. The summed E-state index contributed by atoms with van der Waals surface area (Å²) in [5.74, 6) is 1.55. The molecule has 0 saturated carbocycles. The minimum absolute atomic E-state index is 0.225. The number of phenols is 1. The molecule has 0 unspecified atom stereocenters. The first kappa shape index (κ1) is 20.1. The molecule has 1 fully saturated rings. The maximum Gasteiger partial charge on any atom is 0.410 e. The molecule has 1 heterocycles. The number of phenolic OH excluding ortho intramolecular Hbond substituents is 1. The second kappa shape index (κ2) is 8.55. The summed E-state index contributed by atoms with van der Waals surface area (Å²) in [6, 6.07) is 15.1. The zero-order valence-corrected chi connectivity index (χ0v) is 16.9. The van der Waals surface area contributed by atoms with Crippen molar-refractivity contribution < 1.29 is 19.4 Å².